The highest BCUT2D eigenvalue weighted by Gasteiger charge is 2.19. The van der Waals surface area contributed by atoms with Gasteiger partial charge in [-0.15, -0.1) is 5.10 Å². The molecule has 3 aromatic rings. The predicted molar refractivity (Wildman–Crippen MR) is 117 cm³/mol. The monoisotopic (exact) mass is 445 g/mol. The molecule has 0 bridgehead atoms. The van der Waals surface area contributed by atoms with Gasteiger partial charge in [0.25, 0.3) is 5.91 Å². The van der Waals surface area contributed by atoms with Crippen LogP contribution in [-0.2, 0) is 21.9 Å². The first-order chi connectivity index (χ1) is 14.5. The molecule has 0 saturated heterocycles. The molecule has 1 aromatic carbocycles. The normalized spacial score (nSPS) is 12.9. The summed E-state index contributed by atoms with van der Waals surface area (Å²) in [5.41, 5.74) is 3.35. The molecule has 3 rings (SSSR count). The summed E-state index contributed by atoms with van der Waals surface area (Å²) in [6, 6.07) is 8.05. The van der Waals surface area contributed by atoms with Crippen molar-refractivity contribution in [3.05, 3.63) is 47.2 Å². The van der Waals surface area contributed by atoms with E-state index >= 15 is 0 Å². The summed E-state index contributed by atoms with van der Waals surface area (Å²) in [4.78, 5) is 17.1. The van der Waals surface area contributed by atoms with Gasteiger partial charge in [0.1, 0.15) is 0 Å². The zero-order chi connectivity index (χ0) is 22.9. The fraction of sp³-hybridized carbons (Fsp3) is 0.381. The van der Waals surface area contributed by atoms with Crippen molar-refractivity contribution in [1.29, 1.82) is 0 Å². The Morgan fingerprint density at radius 3 is 2.48 bits per heavy atom. The minimum Gasteiger partial charge on any atom is -0.466 e. The molecule has 0 aliphatic carbocycles. The molecule has 31 heavy (non-hydrogen) atoms. The van der Waals surface area contributed by atoms with Gasteiger partial charge in [-0.2, -0.15) is 0 Å². The van der Waals surface area contributed by atoms with E-state index in [1.165, 1.54) is 26.2 Å². The highest BCUT2D eigenvalue weighted by molar-refractivity contribution is 7.89. The Labute approximate surface area is 182 Å². The van der Waals surface area contributed by atoms with Gasteiger partial charge in [-0.3, -0.25) is 4.79 Å². The molecule has 10 heteroatoms. The van der Waals surface area contributed by atoms with Crippen molar-refractivity contribution >= 4 is 27.0 Å². The predicted octanol–water partition coefficient (Wildman–Crippen LogP) is 2.09. The second-order valence-corrected chi connectivity index (χ2v) is 9.79. The number of fused-ring (bicyclic) bond motifs is 1. The lowest BCUT2D eigenvalue weighted by molar-refractivity contribution is -0.123. The number of nitrogens with one attached hydrogen (secondary N) is 1. The summed E-state index contributed by atoms with van der Waals surface area (Å²) >= 11 is 0. The van der Waals surface area contributed by atoms with E-state index in [1.807, 2.05) is 26.8 Å². The zero-order valence-corrected chi connectivity index (χ0v) is 19.3. The molecule has 1 unspecified atom stereocenters. The van der Waals surface area contributed by atoms with E-state index < -0.39 is 10.0 Å². The van der Waals surface area contributed by atoms with Crippen LogP contribution in [0.5, 0.6) is 5.88 Å². The van der Waals surface area contributed by atoms with Crippen molar-refractivity contribution in [2.24, 2.45) is 7.05 Å². The van der Waals surface area contributed by atoms with Crippen molar-refractivity contribution in [2.75, 3.05) is 20.7 Å². The van der Waals surface area contributed by atoms with Gasteiger partial charge in [0.15, 0.2) is 12.3 Å². The molecule has 1 atom stereocenters. The van der Waals surface area contributed by atoms with Crippen LogP contribution in [0.1, 0.15) is 29.8 Å². The fourth-order valence-electron chi connectivity index (χ4n) is 3.29. The Morgan fingerprint density at radius 1 is 1.23 bits per heavy atom. The van der Waals surface area contributed by atoms with Gasteiger partial charge < -0.3 is 10.1 Å². The van der Waals surface area contributed by atoms with E-state index in [2.05, 4.69) is 15.4 Å². The van der Waals surface area contributed by atoms with E-state index in [9.17, 15) is 13.2 Å². The Hall–Kier alpha value is -2.98. The molecule has 0 fully saturated rings. The van der Waals surface area contributed by atoms with Gasteiger partial charge in [0, 0.05) is 26.8 Å². The van der Waals surface area contributed by atoms with Crippen LogP contribution in [0.4, 0.5) is 0 Å². The maximum atomic E-state index is 12.4. The highest BCUT2D eigenvalue weighted by Crippen LogP contribution is 2.27. The van der Waals surface area contributed by atoms with E-state index in [0.29, 0.717) is 11.5 Å². The quantitative estimate of drug-likeness (QED) is 0.597. The van der Waals surface area contributed by atoms with Gasteiger partial charge in [-0.1, -0.05) is 12.1 Å². The van der Waals surface area contributed by atoms with Crippen molar-refractivity contribution in [2.45, 2.75) is 31.7 Å². The van der Waals surface area contributed by atoms with Crippen molar-refractivity contribution in [3.8, 4) is 5.88 Å². The maximum absolute atomic E-state index is 12.4. The number of pyridine rings is 1. The summed E-state index contributed by atoms with van der Waals surface area (Å²) < 4.78 is 32.8. The number of nitrogens with zero attached hydrogens (tertiary/aromatic N) is 4. The molecule has 0 saturated carbocycles. The second kappa shape index (κ2) is 8.64. The van der Waals surface area contributed by atoms with Crippen LogP contribution >= 0.6 is 0 Å². The number of hydrogen-bond acceptors (Lipinski definition) is 6. The average molecular weight is 446 g/mol. The van der Waals surface area contributed by atoms with Gasteiger partial charge in [0.2, 0.25) is 15.9 Å². The number of benzene rings is 1. The standard InChI is InChI=1S/C21H27N5O4S/c1-13-11-14(2)22-20-19(13)21(24-26(20)6)30-12-18(27)23-15(3)16-7-9-17(10-8-16)31(28,29)25(4)5/h7-11,15H,12H2,1-6H3,(H,23,27). The first kappa shape index (κ1) is 22.7. The summed E-state index contributed by atoms with van der Waals surface area (Å²) in [7, 11) is 1.25. The minimum absolute atomic E-state index is 0.198. The molecule has 2 aromatic heterocycles. The smallest absolute Gasteiger partial charge is 0.258 e. The molecule has 0 aliphatic heterocycles. The molecule has 9 nitrogen and oxygen atoms in total. The summed E-state index contributed by atoms with van der Waals surface area (Å²) in [6.45, 7) is 5.49. The van der Waals surface area contributed by atoms with E-state index in [0.717, 1.165) is 26.5 Å². The Morgan fingerprint density at radius 2 is 1.87 bits per heavy atom. The fourth-order valence-corrected chi connectivity index (χ4v) is 4.19. The topological polar surface area (TPSA) is 106 Å². The molecule has 1 amide bonds. The lowest BCUT2D eigenvalue weighted by Gasteiger charge is -2.16. The number of hydrogen-bond donors (Lipinski definition) is 1. The number of amides is 1. The van der Waals surface area contributed by atoms with Gasteiger partial charge in [0.05, 0.1) is 16.3 Å². The molecule has 0 aliphatic rings. The van der Waals surface area contributed by atoms with Crippen LogP contribution in [0, 0.1) is 13.8 Å². The van der Waals surface area contributed by atoms with Crippen LogP contribution in [0.2, 0.25) is 0 Å². The molecule has 1 N–H and O–H groups in total. The van der Waals surface area contributed by atoms with E-state index in [1.54, 1.807) is 23.9 Å². The van der Waals surface area contributed by atoms with Crippen molar-refractivity contribution in [3.63, 3.8) is 0 Å². The largest absolute Gasteiger partial charge is 0.466 e. The second-order valence-electron chi connectivity index (χ2n) is 7.64. The van der Waals surface area contributed by atoms with E-state index in [4.69, 9.17) is 4.74 Å². The van der Waals surface area contributed by atoms with Gasteiger partial charge in [-0.25, -0.2) is 22.4 Å². The third-order valence-corrected chi connectivity index (χ3v) is 6.79. The molecule has 0 radical (unpaired) electrons. The van der Waals surface area contributed by atoms with Crippen molar-refractivity contribution < 1.29 is 17.9 Å². The number of sulfonamides is 1. The number of ether oxygens (including phenoxy) is 1. The van der Waals surface area contributed by atoms with Crippen LogP contribution in [0.15, 0.2) is 35.2 Å². The van der Waals surface area contributed by atoms with Crippen LogP contribution in [-0.4, -0.2) is 54.1 Å². The minimum atomic E-state index is -3.49. The molecule has 2 heterocycles. The van der Waals surface area contributed by atoms with Crippen LogP contribution in [0.25, 0.3) is 11.0 Å². The first-order valence-corrected chi connectivity index (χ1v) is 11.2. The maximum Gasteiger partial charge on any atom is 0.258 e. The molecular formula is C21H27N5O4S. The zero-order valence-electron chi connectivity index (χ0n) is 18.5. The SMILES string of the molecule is Cc1cc(C)c2c(OCC(=O)NC(C)c3ccc(S(=O)(=O)N(C)C)cc3)nn(C)c2n1. The number of aryl methyl sites for hydroxylation is 3. The Kier molecular flexibility index (Phi) is 6.33. The third-order valence-electron chi connectivity index (χ3n) is 4.96. The van der Waals surface area contributed by atoms with Crippen LogP contribution in [0.3, 0.4) is 0 Å². The first-order valence-electron chi connectivity index (χ1n) is 9.76. The summed E-state index contributed by atoms with van der Waals surface area (Å²) in [5, 5.41) is 7.97. The number of rotatable bonds is 7. The lowest BCUT2D eigenvalue weighted by Crippen LogP contribution is -2.31. The van der Waals surface area contributed by atoms with Gasteiger partial charge in [-0.05, 0) is 50.1 Å². The third kappa shape index (κ3) is 4.70. The van der Waals surface area contributed by atoms with Gasteiger partial charge >= 0.3 is 0 Å². The summed E-state index contributed by atoms with van der Waals surface area (Å²) in [6.07, 6.45) is 0. The number of carbonyl (C=O) groups excluding carboxylic acids is 1. The van der Waals surface area contributed by atoms with Crippen molar-refractivity contribution in [1.82, 2.24) is 24.4 Å². The summed E-state index contributed by atoms with van der Waals surface area (Å²) in [5.74, 6) is 0.0533. The highest BCUT2D eigenvalue weighted by atomic mass is 32.2. The number of aromatic nitrogens is 3. The molecule has 166 valence electrons. The Bertz CT molecular complexity index is 1220. The molecular weight excluding hydrogens is 418 g/mol. The lowest BCUT2D eigenvalue weighted by atomic mass is 10.1. The van der Waals surface area contributed by atoms with Crippen LogP contribution < -0.4 is 10.1 Å². The average Bonchev–Trinajstić information content (AvgIpc) is 3.02. The molecule has 0 spiro atoms. The van der Waals surface area contributed by atoms with E-state index in [-0.39, 0.29) is 23.5 Å². The Balaban J connectivity index is 1.66. The number of carbonyl (C=O) groups is 1.